The van der Waals surface area contributed by atoms with Crippen molar-refractivity contribution in [1.29, 1.82) is 0 Å². The minimum Gasteiger partial charge on any atom is -0.478 e. The Bertz CT molecular complexity index is 258. The van der Waals surface area contributed by atoms with E-state index < -0.39 is 0 Å². The highest BCUT2D eigenvalue weighted by atomic mass is 16.5. The molecule has 0 N–H and O–H groups in total. The van der Waals surface area contributed by atoms with Gasteiger partial charge in [0.05, 0.1) is 6.61 Å². The maximum Gasteiger partial charge on any atom is 0.213 e. The summed E-state index contributed by atoms with van der Waals surface area (Å²) in [7, 11) is 4.12. The molecule has 1 rings (SSSR count). The Labute approximate surface area is 113 Å². The molecule has 0 saturated heterocycles. The first-order valence-electron chi connectivity index (χ1n) is 6.88. The fraction of sp³-hybridized carbons (Fsp3) is 0.667. The van der Waals surface area contributed by atoms with E-state index >= 15 is 0 Å². The number of rotatable bonds is 5. The van der Waals surface area contributed by atoms with Crippen molar-refractivity contribution >= 4 is 0 Å². The van der Waals surface area contributed by atoms with Gasteiger partial charge < -0.3 is 9.64 Å². The predicted molar refractivity (Wildman–Crippen MR) is 80.3 cm³/mol. The lowest BCUT2D eigenvalue weighted by atomic mass is 10.3. The van der Waals surface area contributed by atoms with Crippen molar-refractivity contribution in [3.05, 3.63) is 23.9 Å². The number of aryl methyl sites for hydroxylation is 1. The van der Waals surface area contributed by atoms with Gasteiger partial charge in [-0.1, -0.05) is 33.8 Å². The molecule has 0 spiro atoms. The summed E-state index contributed by atoms with van der Waals surface area (Å²) in [5.74, 6) is 0.717. The smallest absolute Gasteiger partial charge is 0.213 e. The Morgan fingerprint density at radius 3 is 2.17 bits per heavy atom. The molecule has 0 atom stereocenters. The van der Waals surface area contributed by atoms with Crippen LogP contribution in [0.4, 0.5) is 0 Å². The number of ether oxygens (including phenoxy) is 1. The summed E-state index contributed by atoms with van der Waals surface area (Å²) in [6.45, 7) is 11.8. The molecular weight excluding hydrogens is 224 g/mol. The molecule has 0 amide bonds. The average molecular weight is 254 g/mol. The van der Waals surface area contributed by atoms with Gasteiger partial charge in [0.15, 0.2) is 0 Å². The van der Waals surface area contributed by atoms with E-state index in [1.807, 2.05) is 52.9 Å². The topological polar surface area (TPSA) is 25.4 Å². The molecule has 1 heterocycles. The van der Waals surface area contributed by atoms with Gasteiger partial charge in [0.1, 0.15) is 0 Å². The molecule has 0 aromatic carbocycles. The van der Waals surface area contributed by atoms with Crippen LogP contribution < -0.4 is 4.74 Å². The van der Waals surface area contributed by atoms with Crippen LogP contribution in [0.2, 0.25) is 0 Å². The van der Waals surface area contributed by atoms with Crippen LogP contribution in [0.3, 0.4) is 0 Å². The third-order valence-corrected chi connectivity index (χ3v) is 1.88. The monoisotopic (exact) mass is 254 g/mol. The minimum atomic E-state index is 0.717. The SMILES string of the molecule is CC.CC.Cc1ccc(OCCCN(C)C)nc1. The number of pyridine rings is 1. The van der Waals surface area contributed by atoms with Gasteiger partial charge >= 0.3 is 0 Å². The molecule has 3 heteroatoms. The van der Waals surface area contributed by atoms with Crippen LogP contribution in [0.1, 0.15) is 39.7 Å². The summed E-state index contributed by atoms with van der Waals surface area (Å²) >= 11 is 0. The fourth-order valence-corrected chi connectivity index (χ4v) is 1.10. The van der Waals surface area contributed by atoms with Crippen LogP contribution in [-0.2, 0) is 0 Å². The first-order valence-corrected chi connectivity index (χ1v) is 6.88. The van der Waals surface area contributed by atoms with E-state index in [9.17, 15) is 0 Å². The molecule has 0 bridgehead atoms. The van der Waals surface area contributed by atoms with E-state index in [1.54, 1.807) is 0 Å². The van der Waals surface area contributed by atoms with E-state index in [1.165, 1.54) is 0 Å². The van der Waals surface area contributed by atoms with Crippen LogP contribution in [0, 0.1) is 6.92 Å². The number of aromatic nitrogens is 1. The van der Waals surface area contributed by atoms with E-state index in [2.05, 4.69) is 24.0 Å². The Hall–Kier alpha value is -1.09. The Kier molecular flexibility index (Phi) is 14.9. The second-order valence-electron chi connectivity index (χ2n) is 3.68. The van der Waals surface area contributed by atoms with Crippen LogP contribution in [0.15, 0.2) is 18.3 Å². The van der Waals surface area contributed by atoms with Gasteiger partial charge in [-0.25, -0.2) is 4.98 Å². The zero-order chi connectivity index (χ0) is 14.4. The van der Waals surface area contributed by atoms with Gasteiger partial charge in [-0.3, -0.25) is 0 Å². The van der Waals surface area contributed by atoms with Gasteiger partial charge in [0.25, 0.3) is 0 Å². The zero-order valence-electron chi connectivity index (χ0n) is 13.2. The molecule has 0 unspecified atom stereocenters. The summed E-state index contributed by atoms with van der Waals surface area (Å²) < 4.78 is 5.47. The van der Waals surface area contributed by atoms with Crippen LogP contribution in [0.25, 0.3) is 0 Å². The average Bonchev–Trinajstić information content (AvgIpc) is 2.41. The minimum absolute atomic E-state index is 0.717. The van der Waals surface area contributed by atoms with Crippen molar-refractivity contribution in [3.8, 4) is 5.88 Å². The summed E-state index contributed by atoms with van der Waals surface area (Å²) in [4.78, 5) is 6.30. The van der Waals surface area contributed by atoms with Gasteiger partial charge in [-0.05, 0) is 33.0 Å². The molecule has 106 valence electrons. The standard InChI is InChI=1S/C11H18N2O.2C2H6/c1-10-5-6-11(12-9-10)14-8-4-7-13(2)3;2*1-2/h5-6,9H,4,7-8H2,1-3H3;2*1-2H3. The van der Waals surface area contributed by atoms with Gasteiger partial charge in [0, 0.05) is 18.8 Å². The molecule has 18 heavy (non-hydrogen) atoms. The molecule has 0 aliphatic heterocycles. The molecule has 1 aromatic heterocycles. The molecule has 0 aliphatic rings. The number of hydrogen-bond acceptors (Lipinski definition) is 3. The largest absolute Gasteiger partial charge is 0.478 e. The van der Waals surface area contributed by atoms with E-state index in [0.29, 0.717) is 5.88 Å². The van der Waals surface area contributed by atoms with E-state index in [-0.39, 0.29) is 0 Å². The highest BCUT2D eigenvalue weighted by Crippen LogP contribution is 2.06. The summed E-state index contributed by atoms with van der Waals surface area (Å²) in [5.41, 5.74) is 1.16. The van der Waals surface area contributed by atoms with Gasteiger partial charge in [0.2, 0.25) is 5.88 Å². The second kappa shape index (κ2) is 14.0. The number of nitrogens with zero attached hydrogens (tertiary/aromatic N) is 2. The van der Waals surface area contributed by atoms with Crippen LogP contribution >= 0.6 is 0 Å². The van der Waals surface area contributed by atoms with Gasteiger partial charge in [-0.2, -0.15) is 0 Å². The first-order chi connectivity index (χ1) is 8.68. The van der Waals surface area contributed by atoms with Crippen LogP contribution in [0.5, 0.6) is 5.88 Å². The molecule has 0 aliphatic carbocycles. The lowest BCUT2D eigenvalue weighted by Gasteiger charge is -2.09. The maximum absolute atomic E-state index is 5.47. The van der Waals surface area contributed by atoms with E-state index in [0.717, 1.165) is 25.1 Å². The molecule has 0 radical (unpaired) electrons. The summed E-state index contributed by atoms with van der Waals surface area (Å²) in [6.07, 6.45) is 2.85. The molecular formula is C15H30N2O. The normalized spacial score (nSPS) is 8.89. The van der Waals surface area contributed by atoms with Crippen molar-refractivity contribution in [2.24, 2.45) is 0 Å². The third kappa shape index (κ3) is 11.4. The second-order valence-corrected chi connectivity index (χ2v) is 3.68. The van der Waals surface area contributed by atoms with Crippen molar-refractivity contribution in [2.75, 3.05) is 27.2 Å². The van der Waals surface area contributed by atoms with Crippen LogP contribution in [-0.4, -0.2) is 37.1 Å². The maximum atomic E-state index is 5.47. The predicted octanol–water partition coefficient (Wildman–Crippen LogP) is 3.77. The Balaban J connectivity index is 0. The van der Waals surface area contributed by atoms with Crippen molar-refractivity contribution in [2.45, 2.75) is 41.0 Å². The van der Waals surface area contributed by atoms with Crippen molar-refractivity contribution < 1.29 is 4.74 Å². The van der Waals surface area contributed by atoms with Gasteiger partial charge in [-0.15, -0.1) is 0 Å². The quantitative estimate of drug-likeness (QED) is 0.748. The lowest BCUT2D eigenvalue weighted by Crippen LogP contribution is -2.15. The lowest BCUT2D eigenvalue weighted by molar-refractivity contribution is 0.273. The van der Waals surface area contributed by atoms with E-state index in [4.69, 9.17) is 4.74 Å². The first kappa shape index (κ1) is 19.3. The molecule has 0 saturated carbocycles. The van der Waals surface area contributed by atoms with Crippen molar-refractivity contribution in [3.63, 3.8) is 0 Å². The van der Waals surface area contributed by atoms with Crippen molar-refractivity contribution in [1.82, 2.24) is 9.88 Å². The molecule has 1 aromatic rings. The highest BCUT2D eigenvalue weighted by molar-refractivity contribution is 5.16. The Morgan fingerprint density at radius 2 is 1.72 bits per heavy atom. The number of hydrogen-bond donors (Lipinski definition) is 0. The zero-order valence-corrected chi connectivity index (χ0v) is 13.2. The molecule has 3 nitrogen and oxygen atoms in total. The Morgan fingerprint density at radius 1 is 1.11 bits per heavy atom. The fourth-order valence-electron chi connectivity index (χ4n) is 1.10. The third-order valence-electron chi connectivity index (χ3n) is 1.88. The highest BCUT2D eigenvalue weighted by Gasteiger charge is 1.95. The summed E-state index contributed by atoms with van der Waals surface area (Å²) in [5, 5.41) is 0. The summed E-state index contributed by atoms with van der Waals surface area (Å²) in [6, 6.07) is 3.92. The molecule has 0 fully saturated rings.